The summed E-state index contributed by atoms with van der Waals surface area (Å²) in [6, 6.07) is 9.15. The Morgan fingerprint density at radius 1 is 1.43 bits per heavy atom. The molecule has 0 fully saturated rings. The number of ether oxygens (including phenoxy) is 1. The number of anilines is 1. The molecule has 0 saturated heterocycles. The van der Waals surface area contributed by atoms with E-state index >= 15 is 0 Å². The number of nitriles is 1. The van der Waals surface area contributed by atoms with E-state index in [1.165, 1.54) is 0 Å². The number of oxazole rings is 1. The molecule has 0 spiro atoms. The van der Waals surface area contributed by atoms with E-state index in [0.29, 0.717) is 35.0 Å². The number of hydrogen-bond acceptors (Lipinski definition) is 5. The number of nitrogens with zero attached hydrogens (tertiary/aromatic N) is 2. The Kier molecular flexibility index (Phi) is 5.07. The highest BCUT2D eigenvalue weighted by molar-refractivity contribution is 6.32. The topological polar surface area (TPSA) is 71.1 Å². The van der Waals surface area contributed by atoms with Crippen molar-refractivity contribution >= 4 is 17.5 Å². The van der Waals surface area contributed by atoms with Crippen LogP contribution in [0, 0.1) is 17.2 Å². The summed E-state index contributed by atoms with van der Waals surface area (Å²) in [4.78, 5) is 4.09. The van der Waals surface area contributed by atoms with Gasteiger partial charge in [0.1, 0.15) is 11.8 Å². The molecule has 2 rings (SSSR count). The normalized spacial score (nSPS) is 10.4. The van der Waals surface area contributed by atoms with Crippen LogP contribution in [0.3, 0.4) is 0 Å². The third-order valence-corrected chi connectivity index (χ3v) is 2.95. The van der Waals surface area contributed by atoms with E-state index in [2.05, 4.69) is 24.1 Å². The molecule has 2 aromatic rings. The van der Waals surface area contributed by atoms with E-state index < -0.39 is 0 Å². The van der Waals surface area contributed by atoms with Gasteiger partial charge in [-0.2, -0.15) is 10.2 Å². The van der Waals surface area contributed by atoms with Gasteiger partial charge in [0, 0.05) is 6.54 Å². The minimum absolute atomic E-state index is 0.113. The Labute approximate surface area is 128 Å². The van der Waals surface area contributed by atoms with Gasteiger partial charge >= 0.3 is 0 Å². The Balaban J connectivity index is 2.04. The molecule has 0 amide bonds. The molecular formula is C15H16ClN3O2. The standard InChI is InChI=1S/C15H16ClN3O2/c1-10(2)8-18-15-12(7-17)19-14(21-15)9-20-13-6-4-3-5-11(13)16/h3-6,10,18H,8-9H2,1-2H3. The Hall–Kier alpha value is -2.19. The third-order valence-electron chi connectivity index (χ3n) is 2.64. The van der Waals surface area contributed by atoms with Crippen molar-refractivity contribution in [1.82, 2.24) is 4.98 Å². The first kappa shape index (κ1) is 15.2. The predicted octanol–water partition coefficient (Wildman–Crippen LogP) is 3.85. The Bertz CT molecular complexity index is 647. The molecule has 1 aromatic carbocycles. The number of halogens is 1. The van der Waals surface area contributed by atoms with Crippen molar-refractivity contribution in [1.29, 1.82) is 5.26 Å². The smallest absolute Gasteiger partial charge is 0.236 e. The monoisotopic (exact) mass is 305 g/mol. The van der Waals surface area contributed by atoms with Crippen molar-refractivity contribution in [2.24, 2.45) is 5.92 Å². The van der Waals surface area contributed by atoms with Crippen molar-refractivity contribution < 1.29 is 9.15 Å². The summed E-state index contributed by atoms with van der Waals surface area (Å²) in [5, 5.41) is 12.6. The summed E-state index contributed by atoms with van der Waals surface area (Å²) < 4.78 is 11.0. The van der Waals surface area contributed by atoms with Gasteiger partial charge in [-0.1, -0.05) is 37.6 Å². The summed E-state index contributed by atoms with van der Waals surface area (Å²) in [6.07, 6.45) is 0. The molecule has 6 heteroatoms. The first-order valence-corrected chi connectivity index (χ1v) is 6.99. The predicted molar refractivity (Wildman–Crippen MR) is 80.3 cm³/mol. The van der Waals surface area contributed by atoms with Gasteiger partial charge in [-0.05, 0) is 18.1 Å². The number of para-hydroxylation sites is 1. The van der Waals surface area contributed by atoms with Crippen LogP contribution < -0.4 is 10.1 Å². The molecule has 1 heterocycles. The lowest BCUT2D eigenvalue weighted by molar-refractivity contribution is 0.265. The summed E-state index contributed by atoms with van der Waals surface area (Å²) >= 11 is 6.00. The highest BCUT2D eigenvalue weighted by Crippen LogP contribution is 2.25. The van der Waals surface area contributed by atoms with Crippen LogP contribution in [-0.4, -0.2) is 11.5 Å². The van der Waals surface area contributed by atoms with Crippen LogP contribution in [0.15, 0.2) is 28.7 Å². The average Bonchev–Trinajstić information content (AvgIpc) is 2.86. The first-order chi connectivity index (χ1) is 10.1. The number of nitrogens with one attached hydrogen (secondary N) is 1. The molecule has 0 aliphatic carbocycles. The molecule has 0 radical (unpaired) electrons. The Morgan fingerprint density at radius 3 is 2.86 bits per heavy atom. The molecule has 0 aliphatic rings. The van der Waals surface area contributed by atoms with Gasteiger partial charge in [-0.3, -0.25) is 0 Å². The van der Waals surface area contributed by atoms with E-state index in [1.54, 1.807) is 12.1 Å². The van der Waals surface area contributed by atoms with Crippen molar-refractivity contribution in [3.05, 3.63) is 40.9 Å². The van der Waals surface area contributed by atoms with E-state index in [-0.39, 0.29) is 12.3 Å². The molecule has 0 aliphatic heterocycles. The second-order valence-corrected chi connectivity index (χ2v) is 5.30. The Morgan fingerprint density at radius 2 is 2.19 bits per heavy atom. The largest absolute Gasteiger partial charge is 0.482 e. The van der Waals surface area contributed by atoms with E-state index in [1.807, 2.05) is 18.2 Å². The van der Waals surface area contributed by atoms with Crippen LogP contribution in [-0.2, 0) is 6.61 Å². The number of aromatic nitrogens is 1. The molecule has 0 unspecified atom stereocenters. The lowest BCUT2D eigenvalue weighted by Crippen LogP contribution is -2.08. The maximum Gasteiger partial charge on any atom is 0.236 e. The summed E-state index contributed by atoms with van der Waals surface area (Å²) in [5.41, 5.74) is 0.230. The van der Waals surface area contributed by atoms with E-state index in [9.17, 15) is 0 Å². The van der Waals surface area contributed by atoms with Crippen LogP contribution in [0.2, 0.25) is 5.02 Å². The van der Waals surface area contributed by atoms with Crippen LogP contribution in [0.25, 0.3) is 0 Å². The van der Waals surface area contributed by atoms with Gasteiger partial charge in [0.15, 0.2) is 6.61 Å². The molecule has 1 aromatic heterocycles. The summed E-state index contributed by atoms with van der Waals surface area (Å²) in [7, 11) is 0. The highest BCUT2D eigenvalue weighted by Gasteiger charge is 2.14. The molecule has 0 saturated carbocycles. The lowest BCUT2D eigenvalue weighted by Gasteiger charge is -2.06. The van der Waals surface area contributed by atoms with Gasteiger partial charge in [-0.25, -0.2) is 0 Å². The van der Waals surface area contributed by atoms with Gasteiger partial charge in [0.05, 0.1) is 5.02 Å². The third kappa shape index (κ3) is 4.14. The zero-order valence-corrected chi connectivity index (χ0v) is 12.6. The van der Waals surface area contributed by atoms with Gasteiger partial charge in [0.2, 0.25) is 17.5 Å². The van der Waals surface area contributed by atoms with Crippen molar-refractivity contribution in [2.45, 2.75) is 20.5 Å². The number of rotatable bonds is 6. The second-order valence-electron chi connectivity index (χ2n) is 4.89. The van der Waals surface area contributed by atoms with Crippen molar-refractivity contribution in [3.8, 4) is 11.8 Å². The molecule has 5 nitrogen and oxygen atoms in total. The number of hydrogen-bond donors (Lipinski definition) is 1. The molecule has 0 atom stereocenters. The SMILES string of the molecule is CC(C)CNc1oc(COc2ccccc2Cl)nc1C#N. The molecule has 21 heavy (non-hydrogen) atoms. The zero-order chi connectivity index (χ0) is 15.2. The second kappa shape index (κ2) is 7.00. The van der Waals surface area contributed by atoms with E-state index in [0.717, 1.165) is 0 Å². The fourth-order valence-corrected chi connectivity index (χ4v) is 1.81. The fraction of sp³-hybridized carbons (Fsp3) is 0.333. The van der Waals surface area contributed by atoms with Crippen molar-refractivity contribution in [2.75, 3.05) is 11.9 Å². The molecule has 0 bridgehead atoms. The number of benzene rings is 1. The van der Waals surface area contributed by atoms with Gasteiger partial charge in [0.25, 0.3) is 0 Å². The average molecular weight is 306 g/mol. The molecule has 110 valence electrons. The molecular weight excluding hydrogens is 290 g/mol. The van der Waals surface area contributed by atoms with Gasteiger partial charge < -0.3 is 14.5 Å². The lowest BCUT2D eigenvalue weighted by atomic mass is 10.2. The van der Waals surface area contributed by atoms with Crippen molar-refractivity contribution in [3.63, 3.8) is 0 Å². The highest BCUT2D eigenvalue weighted by atomic mass is 35.5. The summed E-state index contributed by atoms with van der Waals surface area (Å²) in [5.74, 6) is 1.69. The van der Waals surface area contributed by atoms with Crippen LogP contribution in [0.4, 0.5) is 5.88 Å². The van der Waals surface area contributed by atoms with Crippen LogP contribution in [0.1, 0.15) is 25.4 Å². The summed E-state index contributed by atoms with van der Waals surface area (Å²) in [6.45, 7) is 4.95. The zero-order valence-electron chi connectivity index (χ0n) is 11.9. The van der Waals surface area contributed by atoms with E-state index in [4.69, 9.17) is 26.0 Å². The maximum atomic E-state index is 9.05. The fourth-order valence-electron chi connectivity index (χ4n) is 1.62. The minimum Gasteiger partial charge on any atom is -0.482 e. The minimum atomic E-state index is 0.113. The quantitative estimate of drug-likeness (QED) is 0.877. The maximum absolute atomic E-state index is 9.05. The molecule has 1 N–H and O–H groups in total. The van der Waals surface area contributed by atoms with Crippen LogP contribution in [0.5, 0.6) is 5.75 Å². The van der Waals surface area contributed by atoms with Gasteiger partial charge in [-0.15, -0.1) is 0 Å². The van der Waals surface area contributed by atoms with Crippen LogP contribution >= 0.6 is 11.6 Å². The first-order valence-electron chi connectivity index (χ1n) is 6.61.